The maximum atomic E-state index is 2.38. The molecule has 1 heteroatoms. The van der Waals surface area contributed by atoms with Gasteiger partial charge >= 0.3 is 0 Å². The predicted molar refractivity (Wildman–Crippen MR) is 65.5 cm³/mol. The lowest BCUT2D eigenvalue weighted by Gasteiger charge is -2.32. The summed E-state index contributed by atoms with van der Waals surface area (Å²) in [6.07, 6.45) is 8.53. The summed E-state index contributed by atoms with van der Waals surface area (Å²) in [5, 5.41) is 0. The minimum absolute atomic E-state index is 1.26. The maximum Gasteiger partial charge on any atom is 0.0784 e. The van der Waals surface area contributed by atoms with Crippen molar-refractivity contribution in [3.63, 3.8) is 0 Å². The predicted octanol–water partition coefficient (Wildman–Crippen LogP) is 3.83. The molecule has 0 aliphatic carbocycles. The number of quaternary nitrogens is 1. The van der Waals surface area contributed by atoms with E-state index in [0.29, 0.717) is 0 Å². The molecule has 0 fully saturated rings. The first-order chi connectivity index (χ1) is 6.68. The van der Waals surface area contributed by atoms with Crippen LogP contribution in [0.4, 0.5) is 0 Å². The zero-order chi connectivity index (χ0) is 10.9. The molecule has 0 heterocycles. The Kier molecular flexibility index (Phi) is 8.26. The lowest BCUT2D eigenvalue weighted by molar-refractivity contribution is -0.906. The lowest BCUT2D eigenvalue weighted by Crippen LogP contribution is -2.44. The van der Waals surface area contributed by atoms with Crippen molar-refractivity contribution in [1.29, 1.82) is 0 Å². The van der Waals surface area contributed by atoms with Crippen molar-refractivity contribution < 1.29 is 4.48 Å². The van der Waals surface area contributed by atoms with E-state index >= 15 is 0 Å². The van der Waals surface area contributed by atoms with Gasteiger partial charge in [-0.2, -0.15) is 0 Å². The molecule has 0 spiro atoms. The van der Waals surface area contributed by atoms with Crippen LogP contribution in [0.25, 0.3) is 0 Å². The molecule has 0 saturated carbocycles. The summed E-state index contributed by atoms with van der Waals surface area (Å²) < 4.78 is 1.26. The van der Waals surface area contributed by atoms with Gasteiger partial charge in [-0.3, -0.25) is 0 Å². The van der Waals surface area contributed by atoms with Crippen molar-refractivity contribution in [2.75, 3.05) is 26.7 Å². The standard InChI is InChI=1S/C13H30N/c1-5-8-9-10-11-12-13-14(4,6-2)7-3/h5-13H2,1-4H3/q+1. The van der Waals surface area contributed by atoms with Crippen molar-refractivity contribution >= 4 is 0 Å². The second-order valence-electron chi connectivity index (χ2n) is 4.74. The number of unbranched alkanes of at least 4 members (excludes halogenated alkanes) is 5. The highest BCUT2D eigenvalue weighted by molar-refractivity contribution is 4.44. The molecule has 0 radical (unpaired) electrons. The van der Waals surface area contributed by atoms with Crippen LogP contribution in [0.15, 0.2) is 0 Å². The van der Waals surface area contributed by atoms with Crippen LogP contribution in [-0.4, -0.2) is 31.2 Å². The Morgan fingerprint density at radius 2 is 1.21 bits per heavy atom. The van der Waals surface area contributed by atoms with Gasteiger partial charge in [0, 0.05) is 0 Å². The molecule has 0 aromatic heterocycles. The first-order valence-electron chi connectivity index (χ1n) is 6.52. The maximum absolute atomic E-state index is 2.38. The highest BCUT2D eigenvalue weighted by Gasteiger charge is 2.14. The van der Waals surface area contributed by atoms with E-state index in [2.05, 4.69) is 27.8 Å². The lowest BCUT2D eigenvalue weighted by atomic mass is 10.1. The SMILES string of the molecule is CCCCCCCC[N+](C)(CC)CC. The molecule has 86 valence electrons. The van der Waals surface area contributed by atoms with Crippen LogP contribution in [0.5, 0.6) is 0 Å². The highest BCUT2D eigenvalue weighted by atomic mass is 15.3. The summed E-state index contributed by atoms with van der Waals surface area (Å²) in [5.41, 5.74) is 0. The summed E-state index contributed by atoms with van der Waals surface area (Å²) in [6, 6.07) is 0. The van der Waals surface area contributed by atoms with Crippen LogP contribution in [0.1, 0.15) is 59.3 Å². The van der Waals surface area contributed by atoms with Crippen molar-refractivity contribution in [3.05, 3.63) is 0 Å². The van der Waals surface area contributed by atoms with Crippen LogP contribution >= 0.6 is 0 Å². The Labute approximate surface area is 91.1 Å². The molecule has 0 aromatic carbocycles. The molecule has 0 aliphatic heterocycles. The molecule has 0 saturated heterocycles. The minimum Gasteiger partial charge on any atom is -0.327 e. The molecule has 0 atom stereocenters. The summed E-state index contributed by atoms with van der Waals surface area (Å²) in [7, 11) is 2.38. The Balaban J connectivity index is 3.34. The third kappa shape index (κ3) is 6.42. The summed E-state index contributed by atoms with van der Waals surface area (Å²) >= 11 is 0. The molecule has 0 bridgehead atoms. The van der Waals surface area contributed by atoms with Crippen molar-refractivity contribution in [2.24, 2.45) is 0 Å². The Hall–Kier alpha value is -0.0400. The Bertz CT molecular complexity index is 116. The van der Waals surface area contributed by atoms with E-state index in [1.807, 2.05) is 0 Å². The van der Waals surface area contributed by atoms with Crippen molar-refractivity contribution in [2.45, 2.75) is 59.3 Å². The van der Waals surface area contributed by atoms with Gasteiger partial charge in [-0.15, -0.1) is 0 Å². The number of rotatable bonds is 9. The van der Waals surface area contributed by atoms with Gasteiger partial charge in [-0.05, 0) is 26.7 Å². The summed E-state index contributed by atoms with van der Waals surface area (Å²) in [4.78, 5) is 0. The van der Waals surface area contributed by atoms with Gasteiger partial charge in [-0.25, -0.2) is 0 Å². The molecule has 0 aliphatic rings. The third-order valence-corrected chi connectivity index (χ3v) is 3.58. The molecule has 0 aromatic rings. The van der Waals surface area contributed by atoms with Crippen molar-refractivity contribution in [1.82, 2.24) is 0 Å². The number of hydrogen-bond donors (Lipinski definition) is 0. The quantitative estimate of drug-likeness (QED) is 0.392. The first-order valence-corrected chi connectivity index (χ1v) is 6.52. The summed E-state index contributed by atoms with van der Waals surface area (Å²) in [6.45, 7) is 10.8. The fourth-order valence-electron chi connectivity index (χ4n) is 1.81. The number of nitrogens with zero attached hydrogens (tertiary/aromatic N) is 1. The van der Waals surface area contributed by atoms with Crippen LogP contribution in [0.3, 0.4) is 0 Å². The average molecular weight is 200 g/mol. The van der Waals surface area contributed by atoms with E-state index < -0.39 is 0 Å². The van der Waals surface area contributed by atoms with Gasteiger partial charge in [0.15, 0.2) is 0 Å². The molecule has 1 nitrogen and oxygen atoms in total. The Morgan fingerprint density at radius 1 is 0.714 bits per heavy atom. The van der Waals surface area contributed by atoms with E-state index in [1.54, 1.807) is 0 Å². The Morgan fingerprint density at radius 3 is 1.71 bits per heavy atom. The normalized spacial score (nSPS) is 12.0. The van der Waals surface area contributed by atoms with E-state index in [-0.39, 0.29) is 0 Å². The first kappa shape index (κ1) is 14.0. The molecule has 0 amide bonds. The molecule has 0 N–H and O–H groups in total. The van der Waals surface area contributed by atoms with Gasteiger partial charge in [0.1, 0.15) is 0 Å². The van der Waals surface area contributed by atoms with E-state index in [9.17, 15) is 0 Å². The highest BCUT2D eigenvalue weighted by Crippen LogP contribution is 2.09. The third-order valence-electron chi connectivity index (χ3n) is 3.58. The van der Waals surface area contributed by atoms with E-state index in [1.165, 1.54) is 62.6 Å². The van der Waals surface area contributed by atoms with Gasteiger partial charge in [-0.1, -0.05) is 32.6 Å². The second kappa shape index (κ2) is 8.28. The van der Waals surface area contributed by atoms with Crippen LogP contribution in [0, 0.1) is 0 Å². The monoisotopic (exact) mass is 200 g/mol. The fraction of sp³-hybridized carbons (Fsp3) is 1.00. The molecule has 0 unspecified atom stereocenters. The number of hydrogen-bond acceptors (Lipinski definition) is 0. The van der Waals surface area contributed by atoms with Crippen LogP contribution < -0.4 is 0 Å². The minimum atomic E-state index is 1.26. The van der Waals surface area contributed by atoms with Gasteiger partial charge in [0.25, 0.3) is 0 Å². The van der Waals surface area contributed by atoms with Gasteiger partial charge < -0.3 is 4.48 Å². The largest absolute Gasteiger partial charge is 0.327 e. The van der Waals surface area contributed by atoms with E-state index in [4.69, 9.17) is 0 Å². The molecular formula is C13H30N+. The fourth-order valence-corrected chi connectivity index (χ4v) is 1.81. The summed E-state index contributed by atoms with van der Waals surface area (Å²) in [5.74, 6) is 0. The molecular weight excluding hydrogens is 170 g/mol. The molecule has 14 heavy (non-hydrogen) atoms. The van der Waals surface area contributed by atoms with E-state index in [0.717, 1.165) is 0 Å². The van der Waals surface area contributed by atoms with Crippen molar-refractivity contribution in [3.8, 4) is 0 Å². The zero-order valence-corrected chi connectivity index (χ0v) is 10.8. The zero-order valence-electron chi connectivity index (χ0n) is 10.8. The van der Waals surface area contributed by atoms with Crippen LogP contribution in [0.2, 0.25) is 0 Å². The van der Waals surface area contributed by atoms with Crippen LogP contribution in [-0.2, 0) is 0 Å². The molecule has 0 rings (SSSR count). The topological polar surface area (TPSA) is 0 Å². The van der Waals surface area contributed by atoms with Gasteiger partial charge in [0.2, 0.25) is 0 Å². The second-order valence-corrected chi connectivity index (χ2v) is 4.74. The average Bonchev–Trinajstić information content (AvgIpc) is 2.23. The smallest absolute Gasteiger partial charge is 0.0784 e. The van der Waals surface area contributed by atoms with Gasteiger partial charge in [0.05, 0.1) is 26.7 Å².